The minimum Gasteiger partial charge on any atom is -0.324 e. The Morgan fingerprint density at radius 3 is 2.55 bits per heavy atom. The van der Waals surface area contributed by atoms with Crippen molar-refractivity contribution in [3.63, 3.8) is 0 Å². The van der Waals surface area contributed by atoms with E-state index in [1.807, 2.05) is 63.2 Å². The van der Waals surface area contributed by atoms with Gasteiger partial charge in [0, 0.05) is 20.6 Å². The second-order valence-corrected chi connectivity index (χ2v) is 9.71. The summed E-state index contributed by atoms with van der Waals surface area (Å²) in [6, 6.07) is 12.9. The minimum absolute atomic E-state index is 0.212. The van der Waals surface area contributed by atoms with Gasteiger partial charge in [0.15, 0.2) is 0 Å². The van der Waals surface area contributed by atoms with Gasteiger partial charge in [0.1, 0.15) is 10.9 Å². The van der Waals surface area contributed by atoms with Crippen LogP contribution in [0.1, 0.15) is 29.0 Å². The Balaban J connectivity index is 1.76. The van der Waals surface area contributed by atoms with E-state index in [9.17, 15) is 9.59 Å². The fourth-order valence-corrected chi connectivity index (χ4v) is 4.87. The van der Waals surface area contributed by atoms with Gasteiger partial charge in [-0.15, -0.1) is 11.3 Å². The van der Waals surface area contributed by atoms with Crippen molar-refractivity contribution in [2.24, 2.45) is 0 Å². The summed E-state index contributed by atoms with van der Waals surface area (Å²) >= 11 is 4.94. The Bertz CT molecular complexity index is 1360. The number of aromatic nitrogens is 2. The van der Waals surface area contributed by atoms with Crippen LogP contribution in [0.3, 0.4) is 0 Å². The zero-order valence-electron chi connectivity index (χ0n) is 17.7. The van der Waals surface area contributed by atoms with Crippen LogP contribution in [0.15, 0.2) is 58.1 Å². The van der Waals surface area contributed by atoms with Crippen molar-refractivity contribution in [3.05, 3.63) is 79.6 Å². The van der Waals surface area contributed by atoms with Crippen LogP contribution in [-0.4, -0.2) is 15.5 Å². The molecule has 2 aromatic heterocycles. The standard InChI is InChI=1S/C24H22BrN3O2S/c1-13-6-5-7-19(14(13)2)27-22(29)15(3)28-12-26-23-21(24(28)30)20(16(4)31-23)17-8-10-18(25)11-9-17/h5-12,15H,1-4H3,(H,27,29). The molecule has 0 saturated carbocycles. The van der Waals surface area contributed by atoms with Crippen LogP contribution >= 0.6 is 27.3 Å². The largest absolute Gasteiger partial charge is 0.324 e. The number of anilines is 1. The lowest BCUT2D eigenvalue weighted by Crippen LogP contribution is -2.32. The minimum atomic E-state index is -0.706. The molecule has 4 rings (SSSR count). The molecule has 2 aromatic carbocycles. The van der Waals surface area contributed by atoms with Gasteiger partial charge in [-0.3, -0.25) is 14.2 Å². The van der Waals surface area contributed by atoms with Crippen molar-refractivity contribution >= 4 is 49.1 Å². The first kappa shape index (κ1) is 21.5. The number of hydrogen-bond acceptors (Lipinski definition) is 4. The molecule has 0 aliphatic rings. The van der Waals surface area contributed by atoms with Crippen molar-refractivity contribution in [2.75, 3.05) is 5.32 Å². The third-order valence-electron chi connectivity index (χ3n) is 5.61. The molecular weight excluding hydrogens is 474 g/mol. The van der Waals surface area contributed by atoms with E-state index in [0.29, 0.717) is 10.2 Å². The summed E-state index contributed by atoms with van der Waals surface area (Å²) in [6.45, 7) is 7.67. The smallest absolute Gasteiger partial charge is 0.263 e. The van der Waals surface area contributed by atoms with Gasteiger partial charge in [-0.2, -0.15) is 0 Å². The highest BCUT2D eigenvalue weighted by Crippen LogP contribution is 2.36. The number of rotatable bonds is 4. The number of amides is 1. The third-order valence-corrected chi connectivity index (χ3v) is 7.15. The van der Waals surface area contributed by atoms with E-state index in [-0.39, 0.29) is 11.5 Å². The molecule has 2 heterocycles. The molecule has 4 aromatic rings. The van der Waals surface area contributed by atoms with E-state index in [2.05, 4.69) is 26.2 Å². The predicted molar refractivity (Wildman–Crippen MR) is 131 cm³/mol. The highest BCUT2D eigenvalue weighted by atomic mass is 79.9. The SMILES string of the molecule is Cc1cccc(NC(=O)C(C)n2cnc3sc(C)c(-c4ccc(Br)cc4)c3c2=O)c1C. The van der Waals surface area contributed by atoms with Gasteiger partial charge in [-0.1, -0.05) is 40.2 Å². The van der Waals surface area contributed by atoms with E-state index >= 15 is 0 Å². The summed E-state index contributed by atoms with van der Waals surface area (Å²) < 4.78 is 2.39. The normalized spacial score (nSPS) is 12.2. The summed E-state index contributed by atoms with van der Waals surface area (Å²) in [4.78, 5) is 32.6. The molecule has 31 heavy (non-hydrogen) atoms. The summed E-state index contributed by atoms with van der Waals surface area (Å²) in [5.74, 6) is -0.255. The molecular formula is C24H22BrN3O2S. The second kappa shape index (κ2) is 8.40. The predicted octanol–water partition coefficient (Wildman–Crippen LogP) is 6.01. The molecule has 0 radical (unpaired) electrons. The second-order valence-electron chi connectivity index (χ2n) is 7.59. The van der Waals surface area contributed by atoms with Gasteiger partial charge in [0.2, 0.25) is 5.91 Å². The molecule has 5 nitrogen and oxygen atoms in total. The number of nitrogens with zero attached hydrogens (tertiary/aromatic N) is 2. The first-order chi connectivity index (χ1) is 14.8. The van der Waals surface area contributed by atoms with Crippen molar-refractivity contribution in [1.29, 1.82) is 0 Å². The first-order valence-corrected chi connectivity index (χ1v) is 11.5. The summed E-state index contributed by atoms with van der Waals surface area (Å²) in [5, 5.41) is 3.51. The van der Waals surface area contributed by atoms with E-state index in [0.717, 1.165) is 37.3 Å². The number of thiophene rings is 1. The first-order valence-electron chi connectivity index (χ1n) is 9.91. The maximum absolute atomic E-state index is 13.5. The fraction of sp³-hybridized carbons (Fsp3) is 0.208. The Kier molecular flexibility index (Phi) is 5.81. The maximum Gasteiger partial charge on any atom is 0.263 e. The highest BCUT2D eigenvalue weighted by molar-refractivity contribution is 9.10. The number of halogens is 1. The number of nitrogens with one attached hydrogen (secondary N) is 1. The average Bonchev–Trinajstić information content (AvgIpc) is 3.08. The molecule has 1 amide bonds. The number of carbonyl (C=O) groups excluding carboxylic acids is 1. The molecule has 0 saturated heterocycles. The lowest BCUT2D eigenvalue weighted by molar-refractivity contribution is -0.118. The summed E-state index contributed by atoms with van der Waals surface area (Å²) in [6.07, 6.45) is 1.47. The molecule has 1 N–H and O–H groups in total. The van der Waals surface area contributed by atoms with E-state index in [4.69, 9.17) is 0 Å². The number of carbonyl (C=O) groups is 1. The van der Waals surface area contributed by atoms with Crippen LogP contribution in [0.2, 0.25) is 0 Å². The van der Waals surface area contributed by atoms with Crippen LogP contribution in [0.5, 0.6) is 0 Å². The van der Waals surface area contributed by atoms with Gasteiger partial charge < -0.3 is 5.32 Å². The number of hydrogen-bond donors (Lipinski definition) is 1. The molecule has 0 spiro atoms. The van der Waals surface area contributed by atoms with E-state index in [1.165, 1.54) is 22.2 Å². The Morgan fingerprint density at radius 2 is 1.84 bits per heavy atom. The van der Waals surface area contributed by atoms with Gasteiger partial charge in [-0.05, 0) is 62.6 Å². The third kappa shape index (κ3) is 3.95. The quantitative estimate of drug-likeness (QED) is 0.376. The maximum atomic E-state index is 13.5. The van der Waals surface area contributed by atoms with Crippen LogP contribution in [0.4, 0.5) is 5.69 Å². The van der Waals surface area contributed by atoms with Gasteiger partial charge in [-0.25, -0.2) is 4.98 Å². The number of fused-ring (bicyclic) bond motifs is 1. The fourth-order valence-electron chi connectivity index (χ4n) is 3.61. The van der Waals surface area contributed by atoms with Crippen LogP contribution < -0.4 is 10.9 Å². The Hall–Kier alpha value is -2.77. The van der Waals surface area contributed by atoms with E-state index in [1.54, 1.807) is 6.92 Å². The van der Waals surface area contributed by atoms with Crippen LogP contribution in [0.25, 0.3) is 21.3 Å². The molecule has 1 atom stereocenters. The zero-order chi connectivity index (χ0) is 22.3. The van der Waals surface area contributed by atoms with Crippen LogP contribution in [0, 0.1) is 20.8 Å². The van der Waals surface area contributed by atoms with Gasteiger partial charge in [0.25, 0.3) is 5.56 Å². The summed E-state index contributed by atoms with van der Waals surface area (Å²) in [5.41, 5.74) is 4.47. The number of aryl methyl sites for hydroxylation is 2. The Labute approximate surface area is 192 Å². The molecule has 7 heteroatoms. The zero-order valence-corrected chi connectivity index (χ0v) is 20.1. The van der Waals surface area contributed by atoms with Crippen molar-refractivity contribution in [1.82, 2.24) is 9.55 Å². The highest BCUT2D eigenvalue weighted by Gasteiger charge is 2.22. The lowest BCUT2D eigenvalue weighted by atomic mass is 10.0. The number of benzene rings is 2. The molecule has 0 fully saturated rings. The van der Waals surface area contributed by atoms with Crippen molar-refractivity contribution in [3.8, 4) is 11.1 Å². The topological polar surface area (TPSA) is 64.0 Å². The molecule has 0 aliphatic carbocycles. The lowest BCUT2D eigenvalue weighted by Gasteiger charge is -2.17. The van der Waals surface area contributed by atoms with Gasteiger partial charge in [0.05, 0.1) is 11.7 Å². The Morgan fingerprint density at radius 1 is 1.13 bits per heavy atom. The molecule has 0 bridgehead atoms. The van der Waals surface area contributed by atoms with Gasteiger partial charge >= 0.3 is 0 Å². The van der Waals surface area contributed by atoms with Crippen molar-refractivity contribution in [2.45, 2.75) is 33.7 Å². The molecule has 1 unspecified atom stereocenters. The summed E-state index contributed by atoms with van der Waals surface area (Å²) in [7, 11) is 0. The molecule has 0 aliphatic heterocycles. The van der Waals surface area contributed by atoms with Crippen molar-refractivity contribution < 1.29 is 4.79 Å². The van der Waals surface area contributed by atoms with Crippen LogP contribution in [-0.2, 0) is 4.79 Å². The average molecular weight is 496 g/mol. The van der Waals surface area contributed by atoms with E-state index < -0.39 is 6.04 Å². The monoisotopic (exact) mass is 495 g/mol. The molecule has 158 valence electrons.